The predicted molar refractivity (Wildman–Crippen MR) is 110 cm³/mol. The molecule has 0 aliphatic heterocycles. The van der Waals surface area contributed by atoms with Gasteiger partial charge in [-0.05, 0) is 42.0 Å². The molecule has 3 rings (SSSR count). The number of aromatic amines is 1. The highest BCUT2D eigenvalue weighted by atomic mass is 14.9. The molecule has 0 radical (unpaired) electrons. The van der Waals surface area contributed by atoms with E-state index >= 15 is 0 Å². The molecule has 1 aromatic heterocycles. The second kappa shape index (κ2) is 9.38. The van der Waals surface area contributed by atoms with Gasteiger partial charge in [-0.25, -0.2) is 4.98 Å². The third kappa shape index (κ3) is 5.08. The lowest BCUT2D eigenvalue weighted by atomic mass is 10.0. The van der Waals surface area contributed by atoms with Crippen molar-refractivity contribution in [3.05, 3.63) is 77.2 Å². The number of benzene rings is 2. The monoisotopic (exact) mass is 346 g/mol. The summed E-state index contributed by atoms with van der Waals surface area (Å²) < 4.78 is 0. The van der Waals surface area contributed by atoms with Crippen LogP contribution >= 0.6 is 0 Å². The van der Waals surface area contributed by atoms with Crippen molar-refractivity contribution in [3.63, 3.8) is 0 Å². The summed E-state index contributed by atoms with van der Waals surface area (Å²) in [7, 11) is 0. The van der Waals surface area contributed by atoms with Gasteiger partial charge in [0.1, 0.15) is 5.82 Å². The molecule has 0 bridgehead atoms. The first kappa shape index (κ1) is 18.4. The first-order chi connectivity index (χ1) is 12.8. The van der Waals surface area contributed by atoms with E-state index in [1.165, 1.54) is 54.4 Å². The molecule has 0 unspecified atom stereocenters. The van der Waals surface area contributed by atoms with E-state index in [0.717, 1.165) is 24.4 Å². The van der Waals surface area contributed by atoms with E-state index in [0.29, 0.717) is 0 Å². The minimum Gasteiger partial charge on any atom is -0.348 e. The Hall–Kier alpha value is -2.35. The first-order valence-corrected chi connectivity index (χ1v) is 10.00. The van der Waals surface area contributed by atoms with Gasteiger partial charge in [-0.2, -0.15) is 0 Å². The van der Waals surface area contributed by atoms with Gasteiger partial charge in [-0.15, -0.1) is 0 Å². The van der Waals surface area contributed by atoms with Crippen LogP contribution in [0.4, 0.5) is 0 Å². The lowest BCUT2D eigenvalue weighted by Crippen LogP contribution is -1.92. The Labute approximate surface area is 157 Å². The van der Waals surface area contributed by atoms with Crippen molar-refractivity contribution in [1.29, 1.82) is 0 Å². The van der Waals surface area contributed by atoms with E-state index in [-0.39, 0.29) is 0 Å². The highest BCUT2D eigenvalue weighted by Gasteiger charge is 2.06. The Kier molecular flexibility index (Phi) is 6.65. The maximum absolute atomic E-state index is 4.79. The van der Waals surface area contributed by atoms with Crippen molar-refractivity contribution in [2.24, 2.45) is 0 Å². The second-order valence-electron chi connectivity index (χ2n) is 7.09. The average molecular weight is 347 g/mol. The summed E-state index contributed by atoms with van der Waals surface area (Å²) in [5, 5.41) is 0. The van der Waals surface area contributed by atoms with Crippen LogP contribution in [-0.2, 0) is 19.3 Å². The fourth-order valence-corrected chi connectivity index (χ4v) is 3.32. The maximum atomic E-state index is 4.79. The molecule has 2 aromatic carbocycles. The molecule has 0 spiro atoms. The number of rotatable bonds is 9. The van der Waals surface area contributed by atoms with Gasteiger partial charge in [0.05, 0.1) is 5.69 Å². The number of aromatic nitrogens is 2. The molecule has 0 aliphatic rings. The fourth-order valence-electron chi connectivity index (χ4n) is 3.32. The molecule has 0 saturated carbocycles. The summed E-state index contributed by atoms with van der Waals surface area (Å²) in [5.74, 6) is 1.03. The van der Waals surface area contributed by atoms with Crippen molar-refractivity contribution < 1.29 is 0 Å². The molecule has 0 fully saturated rings. The number of unbranched alkanes of at least 4 members (excludes halogenated alkanes) is 3. The molecule has 0 atom stereocenters. The number of nitrogens with zero attached hydrogens (tertiary/aromatic N) is 1. The van der Waals surface area contributed by atoms with Crippen LogP contribution in [0.3, 0.4) is 0 Å². The van der Waals surface area contributed by atoms with Crippen LogP contribution in [-0.4, -0.2) is 9.97 Å². The molecule has 0 aliphatic carbocycles. The Bertz CT molecular complexity index is 799. The van der Waals surface area contributed by atoms with Crippen LogP contribution in [0.5, 0.6) is 0 Å². The molecule has 3 aromatic rings. The molecule has 1 heterocycles. The number of hydrogen-bond donors (Lipinski definition) is 1. The minimum absolute atomic E-state index is 0.851. The predicted octanol–water partition coefficient (Wildman–Crippen LogP) is 6.35. The standard InChI is InChI=1S/C24H30N2/c1-3-5-6-7-9-20-12-14-21(15-13-20)17-24-25-18-23(26-24)22-11-8-10-19(4-2)16-22/h8,10-16,18H,3-7,9,17H2,1-2H3,(H,25,26). The number of hydrogen-bond acceptors (Lipinski definition) is 1. The van der Waals surface area contributed by atoms with E-state index in [4.69, 9.17) is 4.98 Å². The molecular formula is C24H30N2. The Morgan fingerprint density at radius 3 is 2.42 bits per heavy atom. The van der Waals surface area contributed by atoms with Gasteiger partial charge >= 0.3 is 0 Å². The van der Waals surface area contributed by atoms with E-state index < -0.39 is 0 Å². The number of H-pyrrole nitrogens is 1. The molecular weight excluding hydrogens is 316 g/mol. The second-order valence-corrected chi connectivity index (χ2v) is 7.09. The molecule has 136 valence electrons. The lowest BCUT2D eigenvalue weighted by molar-refractivity contribution is 0.667. The average Bonchev–Trinajstić information content (AvgIpc) is 3.15. The van der Waals surface area contributed by atoms with E-state index in [1.54, 1.807) is 0 Å². The van der Waals surface area contributed by atoms with Crippen molar-refractivity contribution >= 4 is 0 Å². The van der Waals surface area contributed by atoms with Gasteiger partial charge in [-0.1, -0.05) is 75.6 Å². The number of imidazole rings is 1. The highest BCUT2D eigenvalue weighted by molar-refractivity contribution is 5.59. The molecule has 0 amide bonds. The quantitative estimate of drug-likeness (QED) is 0.449. The summed E-state index contributed by atoms with van der Waals surface area (Å²) >= 11 is 0. The number of aryl methyl sites for hydroxylation is 2. The Balaban J connectivity index is 1.60. The van der Waals surface area contributed by atoms with Gasteiger partial charge in [0.2, 0.25) is 0 Å². The topological polar surface area (TPSA) is 28.7 Å². The lowest BCUT2D eigenvalue weighted by Gasteiger charge is -2.04. The van der Waals surface area contributed by atoms with Gasteiger partial charge in [0.15, 0.2) is 0 Å². The van der Waals surface area contributed by atoms with Crippen molar-refractivity contribution in [1.82, 2.24) is 9.97 Å². The summed E-state index contributed by atoms with van der Waals surface area (Å²) in [5.41, 5.74) is 6.32. The molecule has 0 saturated heterocycles. The van der Waals surface area contributed by atoms with Gasteiger partial charge in [-0.3, -0.25) is 0 Å². The summed E-state index contributed by atoms with van der Waals surface area (Å²) in [6.45, 7) is 4.44. The van der Waals surface area contributed by atoms with Crippen molar-refractivity contribution in [3.8, 4) is 11.3 Å². The van der Waals surface area contributed by atoms with Gasteiger partial charge in [0.25, 0.3) is 0 Å². The van der Waals surface area contributed by atoms with E-state index in [1.807, 2.05) is 6.20 Å². The van der Waals surface area contributed by atoms with E-state index in [2.05, 4.69) is 67.4 Å². The molecule has 2 heteroatoms. The highest BCUT2D eigenvalue weighted by Crippen LogP contribution is 2.20. The summed E-state index contributed by atoms with van der Waals surface area (Å²) in [6, 6.07) is 17.7. The zero-order valence-electron chi connectivity index (χ0n) is 16.1. The zero-order valence-corrected chi connectivity index (χ0v) is 16.1. The summed E-state index contributed by atoms with van der Waals surface area (Å²) in [6.07, 6.45) is 10.4. The van der Waals surface area contributed by atoms with E-state index in [9.17, 15) is 0 Å². The molecule has 1 N–H and O–H groups in total. The SMILES string of the molecule is CCCCCCc1ccc(Cc2nc(-c3cccc(CC)c3)c[nH]2)cc1. The van der Waals surface area contributed by atoms with Crippen LogP contribution in [0.1, 0.15) is 62.0 Å². The maximum Gasteiger partial charge on any atom is 0.111 e. The van der Waals surface area contributed by atoms with Gasteiger partial charge in [0, 0.05) is 18.2 Å². The molecule has 26 heavy (non-hydrogen) atoms. The largest absolute Gasteiger partial charge is 0.348 e. The van der Waals surface area contributed by atoms with Crippen LogP contribution in [0.2, 0.25) is 0 Å². The normalized spacial score (nSPS) is 11.0. The molecule has 2 nitrogen and oxygen atoms in total. The third-order valence-electron chi connectivity index (χ3n) is 4.98. The van der Waals surface area contributed by atoms with Crippen molar-refractivity contribution in [2.75, 3.05) is 0 Å². The van der Waals surface area contributed by atoms with Gasteiger partial charge < -0.3 is 4.98 Å². The Morgan fingerprint density at radius 1 is 0.846 bits per heavy atom. The Morgan fingerprint density at radius 2 is 1.65 bits per heavy atom. The van der Waals surface area contributed by atoms with Crippen LogP contribution < -0.4 is 0 Å². The van der Waals surface area contributed by atoms with Crippen LogP contribution in [0.25, 0.3) is 11.3 Å². The van der Waals surface area contributed by atoms with Crippen LogP contribution in [0.15, 0.2) is 54.7 Å². The minimum atomic E-state index is 0.851. The van der Waals surface area contributed by atoms with Crippen LogP contribution in [0, 0.1) is 0 Å². The smallest absolute Gasteiger partial charge is 0.111 e. The first-order valence-electron chi connectivity index (χ1n) is 10.00. The number of nitrogens with one attached hydrogen (secondary N) is 1. The van der Waals surface area contributed by atoms with Crippen molar-refractivity contribution in [2.45, 2.75) is 58.8 Å². The zero-order chi connectivity index (χ0) is 18.2. The third-order valence-corrected chi connectivity index (χ3v) is 4.98. The summed E-state index contributed by atoms with van der Waals surface area (Å²) in [4.78, 5) is 8.13. The fraction of sp³-hybridized carbons (Fsp3) is 0.375.